The van der Waals surface area contributed by atoms with Gasteiger partial charge < -0.3 is 4.90 Å². The molecular formula is C39H51F2N7O. The second-order valence-electron chi connectivity index (χ2n) is 16.1. The Bertz CT molecular complexity index is 1720. The van der Waals surface area contributed by atoms with Gasteiger partial charge in [-0.15, -0.1) is 0 Å². The van der Waals surface area contributed by atoms with Gasteiger partial charge in [0.15, 0.2) is 0 Å². The van der Waals surface area contributed by atoms with Crippen molar-refractivity contribution in [1.29, 1.82) is 0 Å². The summed E-state index contributed by atoms with van der Waals surface area (Å²) in [5, 5.41) is 4.21. The lowest BCUT2D eigenvalue weighted by atomic mass is 9.71. The van der Waals surface area contributed by atoms with Gasteiger partial charge in [0.05, 0.1) is 29.2 Å². The van der Waals surface area contributed by atoms with Gasteiger partial charge in [-0.05, 0) is 79.4 Å². The van der Waals surface area contributed by atoms with Crippen molar-refractivity contribution in [1.82, 2.24) is 34.6 Å². The molecule has 1 aliphatic carbocycles. The summed E-state index contributed by atoms with van der Waals surface area (Å²) in [5.74, 6) is 1.14. The van der Waals surface area contributed by atoms with Crippen molar-refractivity contribution >= 4 is 11.4 Å². The van der Waals surface area contributed by atoms with Gasteiger partial charge >= 0.3 is 6.55 Å². The molecule has 8 nitrogen and oxygen atoms in total. The third kappa shape index (κ3) is 8.75. The fourth-order valence-electron chi connectivity index (χ4n) is 6.79. The second kappa shape index (κ2) is 14.4. The van der Waals surface area contributed by atoms with Gasteiger partial charge in [-0.3, -0.25) is 14.8 Å². The molecule has 0 aromatic carbocycles. The molecule has 0 N–H and O–H groups in total. The van der Waals surface area contributed by atoms with Gasteiger partial charge in [-0.25, -0.2) is 14.6 Å². The zero-order chi connectivity index (χ0) is 35.7. The third-order valence-electron chi connectivity index (χ3n) is 9.83. The highest BCUT2D eigenvalue weighted by Gasteiger charge is 2.35. The first-order valence-corrected chi connectivity index (χ1v) is 17.4. The van der Waals surface area contributed by atoms with Crippen LogP contribution >= 0.6 is 0 Å². The Morgan fingerprint density at radius 2 is 1.71 bits per heavy atom. The summed E-state index contributed by atoms with van der Waals surface area (Å²) >= 11 is 0. The van der Waals surface area contributed by atoms with Gasteiger partial charge in [-0.1, -0.05) is 48.1 Å². The lowest BCUT2D eigenvalue weighted by Gasteiger charge is -2.33. The molecule has 0 spiro atoms. The van der Waals surface area contributed by atoms with Crippen LogP contribution in [0.2, 0.25) is 0 Å². The molecule has 1 saturated carbocycles. The number of aromatic nitrogens is 6. The van der Waals surface area contributed by atoms with E-state index in [1.165, 1.54) is 6.20 Å². The Morgan fingerprint density at radius 1 is 1.00 bits per heavy atom. The number of hydrogen-bond acceptors (Lipinski definition) is 7. The minimum atomic E-state index is -2.72. The second-order valence-corrected chi connectivity index (χ2v) is 16.1. The normalized spacial score (nSPS) is 19.4. The molecule has 262 valence electrons. The van der Waals surface area contributed by atoms with Crippen LogP contribution in [0.4, 0.5) is 8.78 Å². The van der Waals surface area contributed by atoms with Crippen molar-refractivity contribution in [3.8, 4) is 11.4 Å². The van der Waals surface area contributed by atoms with Crippen molar-refractivity contribution in [2.24, 2.45) is 17.3 Å². The average Bonchev–Trinajstić information content (AvgIpc) is 3.43. The lowest BCUT2D eigenvalue weighted by Crippen LogP contribution is -2.28. The van der Waals surface area contributed by atoms with Crippen molar-refractivity contribution < 1.29 is 13.6 Å². The number of nitrogens with zero attached hydrogens (tertiary/aromatic N) is 7. The largest absolute Gasteiger partial charge is 0.351 e. The number of allylic oxidation sites excluding steroid dienone is 3. The Kier molecular flexibility index (Phi) is 10.7. The molecule has 1 aliphatic heterocycles. The van der Waals surface area contributed by atoms with E-state index in [0.717, 1.165) is 60.3 Å². The first-order valence-electron chi connectivity index (χ1n) is 17.4. The van der Waals surface area contributed by atoms with Crippen molar-refractivity contribution in [3.05, 3.63) is 83.8 Å². The van der Waals surface area contributed by atoms with Crippen LogP contribution in [-0.2, 0) is 16.6 Å². The maximum Gasteiger partial charge on any atom is 0.333 e. The SMILES string of the molecule is C=C1C=C(c2cnc(C(C(=O)CCC(C)(C)C)C3CCC(Cc4ncc(C(C)(C)C)c(-c5nn(C(F)F)cc5C)n4)CC3)cn2)C=CN1C. The number of likely N-dealkylation sites (N-methyl/N-ethyl adjacent to an activating group) is 1. The molecule has 49 heavy (non-hydrogen) atoms. The molecule has 2 aliphatic rings. The first kappa shape index (κ1) is 36.2. The summed E-state index contributed by atoms with van der Waals surface area (Å²) in [4.78, 5) is 35.1. The van der Waals surface area contributed by atoms with Gasteiger partial charge in [0, 0.05) is 61.5 Å². The van der Waals surface area contributed by atoms with E-state index in [0.29, 0.717) is 46.2 Å². The van der Waals surface area contributed by atoms with Crippen LogP contribution in [0.25, 0.3) is 17.0 Å². The number of aryl methyl sites for hydroxylation is 1. The molecule has 0 radical (unpaired) electrons. The molecule has 1 atom stereocenters. The van der Waals surface area contributed by atoms with E-state index in [1.54, 1.807) is 19.3 Å². The summed E-state index contributed by atoms with van der Waals surface area (Å²) < 4.78 is 27.7. The van der Waals surface area contributed by atoms with E-state index in [1.807, 2.05) is 36.5 Å². The fraction of sp³-hybridized carbons (Fsp3) is 0.538. The fourth-order valence-corrected chi connectivity index (χ4v) is 6.79. The molecule has 0 amide bonds. The minimum absolute atomic E-state index is 0.0558. The molecule has 4 heterocycles. The van der Waals surface area contributed by atoms with Crippen LogP contribution in [-0.4, -0.2) is 47.4 Å². The maximum atomic E-state index is 13.9. The van der Waals surface area contributed by atoms with Crippen LogP contribution in [0.5, 0.6) is 0 Å². The first-order chi connectivity index (χ1) is 23.0. The van der Waals surface area contributed by atoms with E-state index in [2.05, 4.69) is 53.2 Å². The number of ketones is 1. The van der Waals surface area contributed by atoms with Crippen LogP contribution in [0.15, 0.2) is 55.4 Å². The summed E-state index contributed by atoms with van der Waals surface area (Å²) in [6.07, 6.45) is 18.4. The minimum Gasteiger partial charge on any atom is -0.351 e. The number of halogens is 2. The van der Waals surface area contributed by atoms with Crippen molar-refractivity contribution in [2.75, 3.05) is 7.05 Å². The summed E-state index contributed by atoms with van der Waals surface area (Å²) in [5.41, 5.74) is 5.69. The molecule has 1 unspecified atom stereocenters. The predicted molar refractivity (Wildman–Crippen MR) is 190 cm³/mol. The molecule has 3 aromatic heterocycles. The van der Waals surface area contributed by atoms with Gasteiger partial charge in [0.1, 0.15) is 17.3 Å². The molecule has 10 heteroatoms. The average molecular weight is 672 g/mol. The van der Waals surface area contributed by atoms with Gasteiger partial charge in [0.25, 0.3) is 0 Å². The summed E-state index contributed by atoms with van der Waals surface area (Å²) in [6.45, 7) is 15.8. The van der Waals surface area contributed by atoms with E-state index in [4.69, 9.17) is 19.9 Å². The molecule has 0 saturated heterocycles. The van der Waals surface area contributed by atoms with Crippen molar-refractivity contribution in [3.63, 3.8) is 0 Å². The van der Waals surface area contributed by atoms with Crippen LogP contribution in [0, 0.1) is 24.2 Å². The third-order valence-corrected chi connectivity index (χ3v) is 9.83. The van der Waals surface area contributed by atoms with Crippen LogP contribution in [0.1, 0.15) is 121 Å². The number of carbonyl (C=O) groups excluding carboxylic acids is 1. The molecule has 5 rings (SSSR count). The van der Waals surface area contributed by atoms with Crippen LogP contribution < -0.4 is 0 Å². The smallest absolute Gasteiger partial charge is 0.333 e. The highest BCUT2D eigenvalue weighted by Crippen LogP contribution is 2.41. The highest BCUT2D eigenvalue weighted by atomic mass is 19.3. The number of hydrogen-bond donors (Lipinski definition) is 0. The molecule has 3 aromatic rings. The Hall–Kier alpha value is -4.08. The Labute approximate surface area is 289 Å². The lowest BCUT2D eigenvalue weighted by molar-refractivity contribution is -0.122. The number of alkyl halides is 2. The highest BCUT2D eigenvalue weighted by molar-refractivity contribution is 5.85. The Morgan fingerprint density at radius 3 is 2.29 bits per heavy atom. The maximum absolute atomic E-state index is 13.9. The summed E-state index contributed by atoms with van der Waals surface area (Å²) in [7, 11) is 1.95. The summed E-state index contributed by atoms with van der Waals surface area (Å²) in [6, 6.07) is 0. The van der Waals surface area contributed by atoms with E-state index >= 15 is 0 Å². The zero-order valence-corrected chi connectivity index (χ0v) is 30.3. The number of Topliss-reactive ketones (excluding diaryl/α,β-unsaturated/α-hetero) is 1. The number of carbonyl (C=O) groups is 1. The van der Waals surface area contributed by atoms with E-state index in [-0.39, 0.29) is 28.4 Å². The number of rotatable bonds is 10. The molecule has 1 fully saturated rings. The van der Waals surface area contributed by atoms with E-state index in [9.17, 15) is 13.6 Å². The monoisotopic (exact) mass is 671 g/mol. The van der Waals surface area contributed by atoms with Crippen LogP contribution in [0.3, 0.4) is 0 Å². The van der Waals surface area contributed by atoms with Gasteiger partial charge in [-0.2, -0.15) is 13.9 Å². The zero-order valence-electron chi connectivity index (χ0n) is 30.3. The van der Waals surface area contributed by atoms with Gasteiger partial charge in [0.2, 0.25) is 0 Å². The quantitative estimate of drug-likeness (QED) is 0.213. The van der Waals surface area contributed by atoms with E-state index < -0.39 is 6.55 Å². The predicted octanol–water partition coefficient (Wildman–Crippen LogP) is 9.02. The topological polar surface area (TPSA) is 89.7 Å². The molecule has 0 bridgehead atoms. The standard InChI is InChI=1S/C39H51F2N7O/c1-24-23-48(37(40)41)46-35(24)36-29(39(6,7)8)20-44-33(45-36)19-26-10-12-27(13-11-26)34(32(49)14-16-38(3,4)5)31-22-42-30(21-43-31)28-15-17-47(9)25(2)18-28/h15,17-18,20-23,26-27,34,37H,2,10-14,16,19H2,1,3-9H3. The van der Waals surface area contributed by atoms with Crippen molar-refractivity contribution in [2.45, 2.75) is 111 Å². The molecular weight excluding hydrogens is 620 g/mol. The Balaban J connectivity index is 1.33.